The quantitative estimate of drug-likeness (QED) is 0.934. The Bertz CT molecular complexity index is 529. The van der Waals surface area contributed by atoms with Crippen LogP contribution in [0.1, 0.15) is 29.1 Å². The van der Waals surface area contributed by atoms with Crippen LogP contribution in [0, 0.1) is 5.82 Å². The van der Waals surface area contributed by atoms with E-state index in [9.17, 15) is 4.39 Å². The number of halogens is 2. The Kier molecular flexibility index (Phi) is 3.71. The molecule has 1 aromatic carbocycles. The molecule has 0 saturated carbocycles. The summed E-state index contributed by atoms with van der Waals surface area (Å²) in [5.41, 5.74) is 7.26. The summed E-state index contributed by atoms with van der Waals surface area (Å²) in [6.45, 7) is 1.96. The minimum atomic E-state index is -0.540. The Labute approximate surface area is 108 Å². The Balaban J connectivity index is 2.40. The fraction of sp³-hybridized carbons (Fsp3) is 0.273. The summed E-state index contributed by atoms with van der Waals surface area (Å²) in [6, 6.07) is 3.94. The summed E-state index contributed by atoms with van der Waals surface area (Å²) >= 11 is 6.91. The lowest BCUT2D eigenvalue weighted by Crippen LogP contribution is -2.14. The molecule has 90 valence electrons. The molecule has 1 heterocycles. The monoisotopic (exact) mass is 271 g/mol. The molecule has 2 rings (SSSR count). The van der Waals surface area contributed by atoms with Crippen molar-refractivity contribution in [1.82, 2.24) is 9.59 Å². The third-order valence-electron chi connectivity index (χ3n) is 2.50. The van der Waals surface area contributed by atoms with Crippen molar-refractivity contribution in [2.75, 3.05) is 0 Å². The van der Waals surface area contributed by atoms with Crippen LogP contribution >= 0.6 is 23.1 Å². The lowest BCUT2D eigenvalue weighted by Gasteiger charge is -2.11. The number of benzene rings is 1. The molecule has 1 unspecified atom stereocenters. The van der Waals surface area contributed by atoms with Gasteiger partial charge in [-0.25, -0.2) is 4.39 Å². The Morgan fingerprint density at radius 2 is 2.29 bits per heavy atom. The lowest BCUT2D eigenvalue weighted by atomic mass is 10.0. The van der Waals surface area contributed by atoms with Crippen molar-refractivity contribution < 1.29 is 4.39 Å². The fourth-order valence-electron chi connectivity index (χ4n) is 1.59. The van der Waals surface area contributed by atoms with Crippen molar-refractivity contribution >= 4 is 23.1 Å². The van der Waals surface area contributed by atoms with Crippen molar-refractivity contribution in [1.29, 1.82) is 0 Å². The van der Waals surface area contributed by atoms with Gasteiger partial charge in [0.15, 0.2) is 0 Å². The van der Waals surface area contributed by atoms with E-state index in [1.165, 1.54) is 17.6 Å². The number of rotatable bonds is 3. The van der Waals surface area contributed by atoms with Gasteiger partial charge in [-0.3, -0.25) is 0 Å². The Morgan fingerprint density at radius 1 is 1.53 bits per heavy atom. The second-order valence-corrected chi connectivity index (χ2v) is 4.80. The predicted octanol–water partition coefficient (Wildman–Crippen LogP) is 2.94. The Morgan fingerprint density at radius 3 is 2.94 bits per heavy atom. The van der Waals surface area contributed by atoms with E-state index in [0.717, 1.165) is 17.0 Å². The van der Waals surface area contributed by atoms with Crippen LogP contribution in [-0.2, 0) is 6.42 Å². The van der Waals surface area contributed by atoms with E-state index in [2.05, 4.69) is 9.59 Å². The van der Waals surface area contributed by atoms with Crippen molar-refractivity contribution in [3.05, 3.63) is 45.2 Å². The van der Waals surface area contributed by atoms with Crippen molar-refractivity contribution in [3.8, 4) is 0 Å². The van der Waals surface area contributed by atoms with Crippen LogP contribution in [0.15, 0.2) is 18.2 Å². The van der Waals surface area contributed by atoms with Gasteiger partial charge >= 0.3 is 0 Å². The third-order valence-corrected chi connectivity index (χ3v) is 3.58. The SMILES string of the molecule is CCc1nnsc1C(N)c1ccc(Cl)cc1F. The van der Waals surface area contributed by atoms with Crippen LogP contribution in [0.25, 0.3) is 0 Å². The molecule has 2 aromatic rings. The zero-order chi connectivity index (χ0) is 12.4. The number of aromatic nitrogens is 2. The predicted molar refractivity (Wildman–Crippen MR) is 66.7 cm³/mol. The molecule has 0 aliphatic heterocycles. The zero-order valence-corrected chi connectivity index (χ0v) is 10.7. The minimum Gasteiger partial charge on any atom is -0.319 e. The second-order valence-electron chi connectivity index (χ2n) is 3.58. The molecule has 6 heteroatoms. The van der Waals surface area contributed by atoms with Crippen LogP contribution in [0.5, 0.6) is 0 Å². The van der Waals surface area contributed by atoms with Gasteiger partial charge in [0.2, 0.25) is 0 Å². The summed E-state index contributed by atoms with van der Waals surface area (Å²) in [5, 5.41) is 4.33. The smallest absolute Gasteiger partial charge is 0.129 e. The fourth-order valence-corrected chi connectivity index (χ4v) is 2.51. The van der Waals surface area contributed by atoms with Gasteiger partial charge in [-0.05, 0) is 30.1 Å². The summed E-state index contributed by atoms with van der Waals surface area (Å²) in [4.78, 5) is 0.800. The normalized spacial score (nSPS) is 12.7. The second kappa shape index (κ2) is 5.08. The molecule has 0 radical (unpaired) electrons. The maximum atomic E-state index is 13.7. The molecule has 3 nitrogen and oxygen atoms in total. The maximum absolute atomic E-state index is 13.7. The highest BCUT2D eigenvalue weighted by Gasteiger charge is 2.19. The van der Waals surface area contributed by atoms with E-state index in [1.807, 2.05) is 6.92 Å². The molecule has 17 heavy (non-hydrogen) atoms. The molecule has 0 saturated heterocycles. The summed E-state index contributed by atoms with van der Waals surface area (Å²) in [5.74, 6) is -0.402. The van der Waals surface area contributed by atoms with Gasteiger partial charge < -0.3 is 5.73 Å². The van der Waals surface area contributed by atoms with Gasteiger partial charge in [0, 0.05) is 10.6 Å². The van der Waals surface area contributed by atoms with Crippen molar-refractivity contribution in [2.24, 2.45) is 5.73 Å². The minimum absolute atomic E-state index is 0.358. The zero-order valence-electron chi connectivity index (χ0n) is 9.15. The van der Waals surface area contributed by atoms with Crippen LogP contribution < -0.4 is 5.73 Å². The average molecular weight is 272 g/mol. The van der Waals surface area contributed by atoms with Crippen LogP contribution in [0.3, 0.4) is 0 Å². The van der Waals surface area contributed by atoms with E-state index in [4.69, 9.17) is 17.3 Å². The summed E-state index contributed by atoms with van der Waals surface area (Å²) in [6.07, 6.45) is 0.731. The lowest BCUT2D eigenvalue weighted by molar-refractivity contribution is 0.600. The Hall–Kier alpha value is -1.04. The first kappa shape index (κ1) is 12.4. The van der Waals surface area contributed by atoms with Gasteiger partial charge in [0.05, 0.1) is 16.6 Å². The van der Waals surface area contributed by atoms with E-state index in [-0.39, 0.29) is 0 Å². The number of hydrogen-bond acceptors (Lipinski definition) is 4. The molecule has 0 spiro atoms. The van der Waals surface area contributed by atoms with E-state index < -0.39 is 11.9 Å². The van der Waals surface area contributed by atoms with Crippen LogP contribution in [-0.4, -0.2) is 9.59 Å². The average Bonchev–Trinajstić information content (AvgIpc) is 2.76. The molecule has 0 aliphatic carbocycles. The molecule has 2 N–H and O–H groups in total. The first-order chi connectivity index (χ1) is 8.13. The number of nitrogens with two attached hydrogens (primary N) is 1. The van der Waals surface area contributed by atoms with Gasteiger partial charge in [-0.1, -0.05) is 29.1 Å². The van der Waals surface area contributed by atoms with Gasteiger partial charge in [-0.2, -0.15) is 0 Å². The number of nitrogens with zero attached hydrogens (tertiary/aromatic N) is 2. The number of aryl methyl sites for hydroxylation is 1. The molecule has 1 atom stereocenters. The van der Waals surface area contributed by atoms with Gasteiger partial charge in [-0.15, -0.1) is 5.10 Å². The molecule has 0 aliphatic rings. The van der Waals surface area contributed by atoms with Crippen molar-refractivity contribution in [3.63, 3.8) is 0 Å². The standard InChI is InChI=1S/C11H11ClFN3S/c1-2-9-11(17-16-15-9)10(14)7-4-3-6(12)5-8(7)13/h3-5,10H,2,14H2,1H3. The number of hydrogen-bond donors (Lipinski definition) is 1. The summed E-state index contributed by atoms with van der Waals surface area (Å²) < 4.78 is 17.6. The molecule has 0 fully saturated rings. The van der Waals surface area contributed by atoms with Crippen LogP contribution in [0.2, 0.25) is 5.02 Å². The van der Waals surface area contributed by atoms with Gasteiger partial charge in [0.25, 0.3) is 0 Å². The largest absolute Gasteiger partial charge is 0.319 e. The topological polar surface area (TPSA) is 51.8 Å². The molecule has 1 aromatic heterocycles. The first-order valence-electron chi connectivity index (χ1n) is 5.15. The summed E-state index contributed by atoms with van der Waals surface area (Å²) in [7, 11) is 0. The molecular weight excluding hydrogens is 261 g/mol. The van der Waals surface area contributed by atoms with Crippen LogP contribution in [0.4, 0.5) is 4.39 Å². The first-order valence-corrected chi connectivity index (χ1v) is 6.30. The van der Waals surface area contributed by atoms with E-state index >= 15 is 0 Å². The van der Waals surface area contributed by atoms with Gasteiger partial charge in [0.1, 0.15) is 5.82 Å². The molecule has 0 bridgehead atoms. The highest BCUT2D eigenvalue weighted by Crippen LogP contribution is 2.28. The maximum Gasteiger partial charge on any atom is 0.129 e. The van der Waals surface area contributed by atoms with E-state index in [1.54, 1.807) is 12.1 Å². The molecular formula is C11H11ClFN3S. The highest BCUT2D eigenvalue weighted by atomic mass is 35.5. The highest BCUT2D eigenvalue weighted by molar-refractivity contribution is 7.05. The van der Waals surface area contributed by atoms with Crippen molar-refractivity contribution in [2.45, 2.75) is 19.4 Å². The molecule has 0 amide bonds. The third kappa shape index (κ3) is 2.46. The van der Waals surface area contributed by atoms with E-state index in [0.29, 0.717) is 10.6 Å².